The van der Waals surface area contributed by atoms with Crippen LogP contribution in [0.4, 0.5) is 11.4 Å². The van der Waals surface area contributed by atoms with Gasteiger partial charge in [0.1, 0.15) is 5.75 Å². The van der Waals surface area contributed by atoms with Gasteiger partial charge >= 0.3 is 0 Å². The van der Waals surface area contributed by atoms with E-state index in [2.05, 4.69) is 29.3 Å². The minimum absolute atomic E-state index is 0.290. The third-order valence-corrected chi connectivity index (χ3v) is 4.54. The highest BCUT2D eigenvalue weighted by Crippen LogP contribution is 2.30. The summed E-state index contributed by atoms with van der Waals surface area (Å²) in [5.74, 6) is 5.68. The fourth-order valence-electron chi connectivity index (χ4n) is 2.87. The van der Waals surface area contributed by atoms with Gasteiger partial charge in [-0.3, -0.25) is 4.79 Å². The van der Waals surface area contributed by atoms with Gasteiger partial charge in [0.25, 0.3) is 5.91 Å². The van der Waals surface area contributed by atoms with E-state index < -0.39 is 0 Å². The number of rotatable bonds is 6. The Labute approximate surface area is 175 Å². The third kappa shape index (κ3) is 5.34. The number of hydrogen-bond donors (Lipinski definition) is 2. The lowest BCUT2D eigenvalue weighted by atomic mass is 10.1. The Morgan fingerprint density at radius 1 is 1.28 bits per heavy atom. The number of nitrogens with one attached hydrogen (secondary N) is 1. The number of benzene rings is 2. The van der Waals surface area contributed by atoms with Crippen molar-refractivity contribution >= 4 is 28.9 Å². The molecule has 0 spiro atoms. The molecule has 0 saturated carbocycles. The lowest BCUT2D eigenvalue weighted by molar-refractivity contribution is 0.102. The number of carbonyl (C=O) groups excluding carboxylic acids is 1. The van der Waals surface area contributed by atoms with Gasteiger partial charge in [0.2, 0.25) is 0 Å². The summed E-state index contributed by atoms with van der Waals surface area (Å²) in [6, 6.07) is 15.0. The molecule has 148 valence electrons. The summed E-state index contributed by atoms with van der Waals surface area (Å²) >= 11 is 6.13. The summed E-state index contributed by atoms with van der Waals surface area (Å²) in [6.07, 6.45) is 3.39. The van der Waals surface area contributed by atoms with Crippen molar-refractivity contribution in [2.24, 2.45) is 0 Å². The predicted molar refractivity (Wildman–Crippen MR) is 117 cm³/mol. The number of amides is 1. The monoisotopic (exact) mass is 407 g/mol. The maximum absolute atomic E-state index is 12.9. The summed E-state index contributed by atoms with van der Waals surface area (Å²) < 4.78 is 7.78. The molecule has 3 aromatic rings. The zero-order valence-corrected chi connectivity index (χ0v) is 17.0. The number of carbonyl (C=O) groups is 1. The molecule has 0 fully saturated rings. The minimum atomic E-state index is -0.390. The fraction of sp³-hybridized carbons (Fsp3) is 0.174. The molecular formula is C23H22ClN3O2. The van der Waals surface area contributed by atoms with E-state index in [-0.39, 0.29) is 12.0 Å². The lowest BCUT2D eigenvalue weighted by Crippen LogP contribution is -2.17. The Morgan fingerprint density at radius 2 is 2.03 bits per heavy atom. The smallest absolute Gasteiger partial charge is 0.259 e. The molecule has 0 radical (unpaired) electrons. The summed E-state index contributed by atoms with van der Waals surface area (Å²) in [7, 11) is 0. The average molecular weight is 408 g/mol. The van der Waals surface area contributed by atoms with Gasteiger partial charge in [-0.2, -0.15) is 0 Å². The maximum atomic E-state index is 12.9. The van der Waals surface area contributed by atoms with E-state index in [0.29, 0.717) is 34.3 Å². The largest absolute Gasteiger partial charge is 0.477 e. The van der Waals surface area contributed by atoms with Crippen LogP contribution in [0.25, 0.3) is 0 Å². The number of hydrogen-bond acceptors (Lipinski definition) is 3. The second-order valence-corrected chi connectivity index (χ2v) is 6.94. The Morgan fingerprint density at radius 3 is 2.76 bits per heavy atom. The number of anilines is 2. The number of nitrogens with two attached hydrogens (primary N) is 1. The summed E-state index contributed by atoms with van der Waals surface area (Å²) in [5, 5.41) is 3.17. The van der Waals surface area contributed by atoms with Gasteiger partial charge in [0.15, 0.2) is 6.10 Å². The van der Waals surface area contributed by atoms with Gasteiger partial charge in [-0.25, -0.2) is 0 Å². The first-order valence-corrected chi connectivity index (χ1v) is 9.53. The third-order valence-electron chi connectivity index (χ3n) is 4.21. The van der Waals surface area contributed by atoms with Gasteiger partial charge < -0.3 is 20.4 Å². The second kappa shape index (κ2) is 9.22. The summed E-state index contributed by atoms with van der Waals surface area (Å²) in [5.41, 5.74) is 8.37. The first-order valence-electron chi connectivity index (χ1n) is 9.15. The molecule has 1 aromatic heterocycles. The van der Waals surface area contributed by atoms with Crippen molar-refractivity contribution < 1.29 is 9.53 Å². The molecule has 29 heavy (non-hydrogen) atoms. The van der Waals surface area contributed by atoms with Crippen LogP contribution < -0.4 is 15.8 Å². The molecule has 1 unspecified atom stereocenters. The zero-order valence-electron chi connectivity index (χ0n) is 16.3. The SMILES string of the molecule is CC#CC(C)Oc1cc(N)c(Cl)cc1C(=O)Nc1ccn(Cc2ccccc2)c1. The van der Waals surface area contributed by atoms with E-state index >= 15 is 0 Å². The van der Waals surface area contributed by atoms with Crippen LogP contribution in [0.5, 0.6) is 5.75 Å². The lowest BCUT2D eigenvalue weighted by Gasteiger charge is -2.15. The number of aromatic nitrogens is 1. The zero-order chi connectivity index (χ0) is 20.8. The first-order chi connectivity index (χ1) is 14.0. The van der Waals surface area contributed by atoms with Crippen molar-refractivity contribution in [1.82, 2.24) is 4.57 Å². The maximum Gasteiger partial charge on any atom is 0.259 e. The van der Waals surface area contributed by atoms with Gasteiger partial charge in [-0.1, -0.05) is 47.9 Å². The topological polar surface area (TPSA) is 69.3 Å². The molecule has 1 amide bonds. The Bertz CT molecular complexity index is 1060. The molecular weight excluding hydrogens is 386 g/mol. The predicted octanol–water partition coefficient (Wildman–Crippen LogP) is 4.81. The van der Waals surface area contributed by atoms with Crippen molar-refractivity contribution in [2.75, 3.05) is 11.1 Å². The van der Waals surface area contributed by atoms with Crippen molar-refractivity contribution in [3.63, 3.8) is 0 Å². The highest BCUT2D eigenvalue weighted by atomic mass is 35.5. The van der Waals surface area contributed by atoms with E-state index in [9.17, 15) is 4.79 Å². The molecule has 6 heteroatoms. The Balaban J connectivity index is 1.78. The normalized spacial score (nSPS) is 11.3. The molecule has 0 bridgehead atoms. The molecule has 1 atom stereocenters. The van der Waals surface area contributed by atoms with Crippen LogP contribution in [-0.2, 0) is 6.54 Å². The summed E-state index contributed by atoms with van der Waals surface area (Å²) in [4.78, 5) is 12.9. The van der Waals surface area contributed by atoms with Crippen LogP contribution in [-0.4, -0.2) is 16.6 Å². The number of nitrogens with zero attached hydrogens (tertiary/aromatic N) is 1. The van der Waals surface area contributed by atoms with Crippen LogP contribution in [0.15, 0.2) is 60.9 Å². The highest BCUT2D eigenvalue weighted by Gasteiger charge is 2.17. The van der Waals surface area contributed by atoms with Gasteiger partial charge in [0, 0.05) is 25.0 Å². The molecule has 0 aliphatic heterocycles. The molecule has 3 rings (SSSR count). The quantitative estimate of drug-likeness (QED) is 0.455. The van der Waals surface area contributed by atoms with Crippen LogP contribution in [0.1, 0.15) is 29.8 Å². The van der Waals surface area contributed by atoms with E-state index in [1.54, 1.807) is 19.9 Å². The Hall–Kier alpha value is -3.36. The molecule has 5 nitrogen and oxygen atoms in total. The second-order valence-electron chi connectivity index (χ2n) is 6.54. The van der Waals surface area contributed by atoms with Gasteiger partial charge in [0.05, 0.1) is 22.0 Å². The minimum Gasteiger partial charge on any atom is -0.477 e. The number of ether oxygens (including phenoxy) is 1. The van der Waals surface area contributed by atoms with Crippen molar-refractivity contribution in [1.29, 1.82) is 0 Å². The molecule has 2 aromatic carbocycles. The van der Waals surface area contributed by atoms with Gasteiger partial charge in [-0.15, -0.1) is 5.92 Å². The molecule has 0 aliphatic carbocycles. The van der Waals surface area contributed by atoms with Crippen molar-refractivity contribution in [3.05, 3.63) is 77.1 Å². The van der Waals surface area contributed by atoms with Crippen LogP contribution in [0.3, 0.4) is 0 Å². The van der Waals surface area contributed by atoms with E-state index in [0.717, 1.165) is 0 Å². The van der Waals surface area contributed by atoms with Gasteiger partial charge in [-0.05, 0) is 31.5 Å². The number of nitrogen functional groups attached to an aromatic ring is 1. The van der Waals surface area contributed by atoms with E-state index in [1.165, 1.54) is 11.6 Å². The van der Waals surface area contributed by atoms with Crippen LogP contribution in [0.2, 0.25) is 5.02 Å². The Kier molecular flexibility index (Phi) is 6.48. The average Bonchev–Trinajstić information content (AvgIpc) is 3.12. The highest BCUT2D eigenvalue weighted by molar-refractivity contribution is 6.33. The first kappa shape index (κ1) is 20.4. The fourth-order valence-corrected chi connectivity index (χ4v) is 3.04. The van der Waals surface area contributed by atoms with E-state index in [1.807, 2.05) is 41.2 Å². The number of halogens is 1. The van der Waals surface area contributed by atoms with Crippen LogP contribution >= 0.6 is 11.6 Å². The molecule has 0 saturated heterocycles. The molecule has 3 N–H and O–H groups in total. The van der Waals surface area contributed by atoms with E-state index in [4.69, 9.17) is 22.1 Å². The van der Waals surface area contributed by atoms with Crippen LogP contribution in [0, 0.1) is 11.8 Å². The standard InChI is InChI=1S/C23H22ClN3O2/c1-3-7-16(2)29-22-13-21(25)20(24)12-19(22)23(28)26-18-10-11-27(15-18)14-17-8-5-4-6-9-17/h4-6,8-13,15-16H,14,25H2,1-2H3,(H,26,28). The molecule has 1 heterocycles. The molecule has 0 aliphatic rings. The van der Waals surface area contributed by atoms with Crippen molar-refractivity contribution in [2.45, 2.75) is 26.5 Å². The summed E-state index contributed by atoms with van der Waals surface area (Å²) in [6.45, 7) is 4.24. The van der Waals surface area contributed by atoms with Crippen molar-refractivity contribution in [3.8, 4) is 17.6 Å².